The molecule has 0 aliphatic heterocycles. The highest BCUT2D eigenvalue weighted by atomic mass is 32.1. The first-order valence-corrected chi connectivity index (χ1v) is 11.6. The van der Waals surface area contributed by atoms with Crippen LogP contribution in [-0.2, 0) is 16.0 Å². The third-order valence-corrected chi connectivity index (χ3v) is 5.74. The van der Waals surface area contributed by atoms with E-state index >= 15 is 0 Å². The Morgan fingerprint density at radius 3 is 2.50 bits per heavy atom. The van der Waals surface area contributed by atoms with Gasteiger partial charge in [0.15, 0.2) is 0 Å². The van der Waals surface area contributed by atoms with Gasteiger partial charge in [-0.2, -0.15) is 0 Å². The van der Waals surface area contributed by atoms with Crippen LogP contribution in [0.1, 0.15) is 34.3 Å². The molecule has 0 N–H and O–H groups in total. The molecule has 0 saturated heterocycles. The number of esters is 2. The largest absolute Gasteiger partial charge is 0.462 e. The van der Waals surface area contributed by atoms with Crippen LogP contribution in [0.15, 0.2) is 69.2 Å². The van der Waals surface area contributed by atoms with Crippen molar-refractivity contribution in [1.82, 2.24) is 0 Å². The van der Waals surface area contributed by atoms with Crippen molar-refractivity contribution in [2.45, 2.75) is 26.7 Å². The second kappa shape index (κ2) is 10.4. The van der Waals surface area contributed by atoms with E-state index in [4.69, 9.17) is 18.6 Å². The summed E-state index contributed by atoms with van der Waals surface area (Å²) in [5.74, 6) is 0.156. The fourth-order valence-electron chi connectivity index (χ4n) is 3.23. The molecular formula is C26H22O7S. The lowest BCUT2D eigenvalue weighted by Crippen LogP contribution is -2.11. The van der Waals surface area contributed by atoms with Crippen LogP contribution < -0.4 is 14.9 Å². The lowest BCUT2D eigenvalue weighted by atomic mass is 10.2. The van der Waals surface area contributed by atoms with Crippen molar-refractivity contribution in [2.24, 2.45) is 0 Å². The van der Waals surface area contributed by atoms with Gasteiger partial charge in [-0.25, -0.2) is 4.79 Å². The minimum Gasteiger partial charge on any atom is -0.462 e. The number of rotatable bonds is 8. The molecule has 0 amide bonds. The van der Waals surface area contributed by atoms with Gasteiger partial charge in [0.1, 0.15) is 22.8 Å². The van der Waals surface area contributed by atoms with Crippen molar-refractivity contribution in [2.75, 3.05) is 6.61 Å². The van der Waals surface area contributed by atoms with Gasteiger partial charge in [-0.1, -0.05) is 13.0 Å². The van der Waals surface area contributed by atoms with Crippen molar-refractivity contribution in [3.63, 3.8) is 0 Å². The van der Waals surface area contributed by atoms with Crippen LogP contribution in [0.3, 0.4) is 0 Å². The Morgan fingerprint density at radius 2 is 1.79 bits per heavy atom. The van der Waals surface area contributed by atoms with E-state index in [2.05, 4.69) is 0 Å². The normalized spacial score (nSPS) is 10.8. The van der Waals surface area contributed by atoms with Crippen LogP contribution in [0.2, 0.25) is 0 Å². The summed E-state index contributed by atoms with van der Waals surface area (Å²) >= 11 is 1.48. The number of hydrogen-bond donors (Lipinski definition) is 0. The number of hydrogen-bond acceptors (Lipinski definition) is 8. The molecule has 2 aromatic heterocycles. The molecule has 0 unspecified atom stereocenters. The SMILES string of the molecule is CCCOC(=O)c1ccc(Oc2c(C)oc3cc(OC(=O)Cc4cccs4)ccc3c2=O)cc1. The molecule has 0 radical (unpaired) electrons. The van der Waals surface area contributed by atoms with Crippen LogP contribution in [0.4, 0.5) is 0 Å². The minimum absolute atomic E-state index is 0.0382. The number of benzene rings is 2. The van der Waals surface area contributed by atoms with Gasteiger partial charge in [0, 0.05) is 10.9 Å². The Hall–Kier alpha value is -3.91. The third kappa shape index (κ3) is 5.35. The smallest absolute Gasteiger partial charge is 0.338 e. The molecule has 2 heterocycles. The number of carbonyl (C=O) groups excluding carboxylic acids is 2. The summed E-state index contributed by atoms with van der Waals surface area (Å²) in [6, 6.07) is 14.6. The molecule has 0 aliphatic carbocycles. The van der Waals surface area contributed by atoms with Gasteiger partial charge in [-0.15, -0.1) is 11.3 Å². The average Bonchev–Trinajstić information content (AvgIpc) is 3.33. The monoisotopic (exact) mass is 478 g/mol. The summed E-state index contributed by atoms with van der Waals surface area (Å²) < 4.78 is 22.1. The van der Waals surface area contributed by atoms with E-state index in [0.29, 0.717) is 23.3 Å². The predicted molar refractivity (Wildman–Crippen MR) is 128 cm³/mol. The fraction of sp³-hybridized carbons (Fsp3) is 0.192. The molecule has 7 nitrogen and oxygen atoms in total. The summed E-state index contributed by atoms with van der Waals surface area (Å²) in [7, 11) is 0. The first-order valence-electron chi connectivity index (χ1n) is 10.7. The molecule has 2 aromatic carbocycles. The van der Waals surface area contributed by atoms with Gasteiger partial charge >= 0.3 is 11.9 Å². The zero-order valence-electron chi connectivity index (χ0n) is 18.7. The zero-order chi connectivity index (χ0) is 24.1. The van der Waals surface area contributed by atoms with E-state index in [0.717, 1.165) is 11.3 Å². The van der Waals surface area contributed by atoms with Crippen molar-refractivity contribution in [3.8, 4) is 17.2 Å². The topological polar surface area (TPSA) is 92.0 Å². The molecular weight excluding hydrogens is 456 g/mol. The van der Waals surface area contributed by atoms with Crippen LogP contribution in [0, 0.1) is 6.92 Å². The predicted octanol–water partition coefficient (Wildman–Crippen LogP) is 5.67. The number of carbonyl (C=O) groups is 2. The van der Waals surface area contributed by atoms with Gasteiger partial charge < -0.3 is 18.6 Å². The Labute approximate surface area is 199 Å². The molecule has 0 atom stereocenters. The molecule has 0 bridgehead atoms. The van der Waals surface area contributed by atoms with Crippen molar-refractivity contribution < 1.29 is 28.2 Å². The summed E-state index contributed by atoms with van der Waals surface area (Å²) in [5.41, 5.74) is 0.316. The number of thiophene rings is 1. The molecule has 0 spiro atoms. The highest BCUT2D eigenvalue weighted by molar-refractivity contribution is 7.10. The van der Waals surface area contributed by atoms with E-state index in [1.807, 2.05) is 24.4 Å². The quantitative estimate of drug-likeness (QED) is 0.238. The van der Waals surface area contributed by atoms with Gasteiger partial charge in [0.2, 0.25) is 11.2 Å². The maximum atomic E-state index is 13.0. The first kappa shape index (κ1) is 23.3. The maximum absolute atomic E-state index is 13.0. The van der Waals surface area contributed by atoms with Crippen LogP contribution in [-0.4, -0.2) is 18.5 Å². The molecule has 4 aromatic rings. The molecule has 0 saturated carbocycles. The van der Waals surface area contributed by atoms with Crippen LogP contribution >= 0.6 is 11.3 Å². The van der Waals surface area contributed by atoms with E-state index in [1.165, 1.54) is 23.5 Å². The molecule has 174 valence electrons. The third-order valence-electron chi connectivity index (χ3n) is 4.86. The van der Waals surface area contributed by atoms with Crippen LogP contribution in [0.5, 0.6) is 17.2 Å². The zero-order valence-corrected chi connectivity index (χ0v) is 19.5. The van der Waals surface area contributed by atoms with Crippen molar-refractivity contribution in [3.05, 3.63) is 86.4 Å². The second-order valence-electron chi connectivity index (χ2n) is 7.47. The maximum Gasteiger partial charge on any atom is 0.338 e. The number of ether oxygens (including phenoxy) is 3. The van der Waals surface area contributed by atoms with Crippen LogP contribution in [0.25, 0.3) is 11.0 Å². The highest BCUT2D eigenvalue weighted by Gasteiger charge is 2.16. The average molecular weight is 479 g/mol. The summed E-state index contributed by atoms with van der Waals surface area (Å²) in [6.07, 6.45) is 0.906. The molecule has 34 heavy (non-hydrogen) atoms. The summed E-state index contributed by atoms with van der Waals surface area (Å²) in [4.78, 5) is 38.0. The number of aryl methyl sites for hydroxylation is 1. The lowest BCUT2D eigenvalue weighted by molar-refractivity contribution is -0.133. The van der Waals surface area contributed by atoms with E-state index in [1.54, 1.807) is 37.3 Å². The Bertz CT molecular complexity index is 1370. The van der Waals surface area contributed by atoms with E-state index in [-0.39, 0.29) is 34.7 Å². The Kier molecular flexibility index (Phi) is 7.08. The molecule has 0 aliphatic rings. The fourth-order valence-corrected chi connectivity index (χ4v) is 3.92. The second-order valence-corrected chi connectivity index (χ2v) is 8.50. The highest BCUT2D eigenvalue weighted by Crippen LogP contribution is 2.28. The number of fused-ring (bicyclic) bond motifs is 1. The summed E-state index contributed by atoms with van der Waals surface area (Å²) in [5, 5.41) is 2.18. The van der Waals surface area contributed by atoms with Crippen molar-refractivity contribution in [1.29, 1.82) is 0 Å². The molecule has 8 heteroatoms. The van der Waals surface area contributed by atoms with Gasteiger partial charge in [0.25, 0.3) is 0 Å². The Balaban J connectivity index is 1.52. The molecule has 4 rings (SSSR count). The summed E-state index contributed by atoms with van der Waals surface area (Å²) in [6.45, 7) is 3.88. The van der Waals surface area contributed by atoms with Crippen molar-refractivity contribution >= 4 is 34.2 Å². The Morgan fingerprint density at radius 1 is 1.03 bits per heavy atom. The van der Waals surface area contributed by atoms with Gasteiger partial charge in [-0.3, -0.25) is 9.59 Å². The van der Waals surface area contributed by atoms with E-state index in [9.17, 15) is 14.4 Å². The minimum atomic E-state index is -0.415. The lowest BCUT2D eigenvalue weighted by Gasteiger charge is -2.10. The molecule has 0 fully saturated rings. The van der Waals surface area contributed by atoms with Gasteiger partial charge in [0.05, 0.1) is 24.0 Å². The van der Waals surface area contributed by atoms with Gasteiger partial charge in [-0.05, 0) is 61.2 Å². The first-order chi connectivity index (χ1) is 16.4. The standard InChI is InChI=1S/C26H22O7S/c1-3-12-30-26(29)17-6-8-18(9-7-17)33-25-16(2)31-22-14-19(10-11-21(22)24(25)28)32-23(27)15-20-5-4-13-34-20/h4-11,13-14H,3,12,15H2,1-2H3. The van der Waals surface area contributed by atoms with E-state index < -0.39 is 11.9 Å².